The summed E-state index contributed by atoms with van der Waals surface area (Å²) < 4.78 is 1.10. The molecule has 2 N–H and O–H groups in total. The summed E-state index contributed by atoms with van der Waals surface area (Å²) in [6.07, 6.45) is 0.670. The second-order valence-corrected chi connectivity index (χ2v) is 4.19. The molecule has 2 rings (SSSR count). The molecular weight excluding hydrogens is 242 g/mol. The molecule has 1 amide bonds. The van der Waals surface area contributed by atoms with Gasteiger partial charge in [0.2, 0.25) is 5.91 Å². The van der Waals surface area contributed by atoms with Gasteiger partial charge in [-0.15, -0.1) is 0 Å². The maximum absolute atomic E-state index is 11.9. The van der Waals surface area contributed by atoms with Gasteiger partial charge in [0.15, 0.2) is 0 Å². The largest absolute Gasteiger partial charge is 0.368 e. The number of rotatable bonds is 4. The van der Waals surface area contributed by atoms with Gasteiger partial charge >= 0.3 is 0 Å². The smallest absolute Gasteiger partial charge is 0.267 e. The average molecular weight is 257 g/mol. The molecule has 1 aromatic carbocycles. The summed E-state index contributed by atoms with van der Waals surface area (Å²) >= 11 is 0. The first-order chi connectivity index (χ1) is 9.11. The Morgan fingerprint density at radius 1 is 1.32 bits per heavy atom. The molecule has 98 valence electrons. The van der Waals surface area contributed by atoms with Crippen LogP contribution in [0.15, 0.2) is 41.2 Å². The predicted octanol–water partition coefficient (Wildman–Crippen LogP) is 0.958. The van der Waals surface area contributed by atoms with Crippen molar-refractivity contribution in [2.75, 3.05) is 0 Å². The van der Waals surface area contributed by atoms with Crippen molar-refractivity contribution >= 4 is 5.91 Å². The third kappa shape index (κ3) is 2.88. The maximum Gasteiger partial charge on any atom is 0.267 e. The monoisotopic (exact) mass is 257 g/mol. The molecule has 0 bridgehead atoms. The van der Waals surface area contributed by atoms with E-state index in [9.17, 15) is 9.59 Å². The van der Waals surface area contributed by atoms with E-state index in [4.69, 9.17) is 5.73 Å². The zero-order valence-corrected chi connectivity index (χ0v) is 10.7. The number of carbonyl (C=O) groups excluding carboxylic acids is 1. The first-order valence-electron chi connectivity index (χ1n) is 6.06. The van der Waals surface area contributed by atoms with Crippen LogP contribution in [0.25, 0.3) is 11.1 Å². The van der Waals surface area contributed by atoms with Crippen LogP contribution in [-0.4, -0.2) is 15.7 Å². The van der Waals surface area contributed by atoms with Gasteiger partial charge in [-0.3, -0.25) is 9.59 Å². The Bertz CT molecular complexity index is 647. The molecule has 0 unspecified atom stereocenters. The molecule has 1 heterocycles. The summed E-state index contributed by atoms with van der Waals surface area (Å²) in [6, 6.07) is 11.1. The van der Waals surface area contributed by atoms with Crippen LogP contribution in [0.4, 0.5) is 0 Å². The Hall–Kier alpha value is -2.43. The number of hydrogen-bond donors (Lipinski definition) is 1. The number of carbonyl (C=O) groups is 1. The van der Waals surface area contributed by atoms with E-state index in [1.807, 2.05) is 37.3 Å². The number of nitrogens with zero attached hydrogens (tertiary/aromatic N) is 2. The van der Waals surface area contributed by atoms with Crippen LogP contribution in [0.3, 0.4) is 0 Å². The Morgan fingerprint density at radius 3 is 2.58 bits per heavy atom. The van der Waals surface area contributed by atoms with Crippen molar-refractivity contribution in [3.05, 3.63) is 52.4 Å². The van der Waals surface area contributed by atoms with Crippen LogP contribution in [0.5, 0.6) is 0 Å². The van der Waals surface area contributed by atoms with Gasteiger partial charge in [0.05, 0.1) is 5.69 Å². The molecule has 0 aliphatic heterocycles. The van der Waals surface area contributed by atoms with Crippen LogP contribution >= 0.6 is 0 Å². The second kappa shape index (κ2) is 5.48. The lowest BCUT2D eigenvalue weighted by atomic mass is 10.0. The lowest BCUT2D eigenvalue weighted by Crippen LogP contribution is -2.30. The van der Waals surface area contributed by atoms with E-state index in [1.165, 1.54) is 6.07 Å². The number of nitrogens with two attached hydrogens (primary N) is 1. The van der Waals surface area contributed by atoms with E-state index >= 15 is 0 Å². The van der Waals surface area contributed by atoms with Crippen molar-refractivity contribution in [1.82, 2.24) is 9.78 Å². The lowest BCUT2D eigenvalue weighted by Gasteiger charge is -2.10. The third-order valence-electron chi connectivity index (χ3n) is 2.80. The summed E-state index contributed by atoms with van der Waals surface area (Å²) in [4.78, 5) is 22.8. The molecule has 0 radical (unpaired) electrons. The number of primary amides is 1. The van der Waals surface area contributed by atoms with Crippen LogP contribution < -0.4 is 11.3 Å². The molecule has 0 saturated carbocycles. The van der Waals surface area contributed by atoms with Crippen molar-refractivity contribution in [3.63, 3.8) is 0 Å². The zero-order valence-electron chi connectivity index (χ0n) is 10.7. The molecule has 0 aliphatic carbocycles. The van der Waals surface area contributed by atoms with Gasteiger partial charge in [-0.25, -0.2) is 4.68 Å². The molecule has 2 aromatic rings. The minimum atomic E-state index is -0.580. The van der Waals surface area contributed by atoms with Crippen molar-refractivity contribution < 1.29 is 4.79 Å². The molecule has 0 aliphatic rings. The Morgan fingerprint density at radius 2 is 2.00 bits per heavy atom. The number of hydrogen-bond acceptors (Lipinski definition) is 3. The van der Waals surface area contributed by atoms with E-state index in [0.717, 1.165) is 21.5 Å². The number of amides is 1. The fourth-order valence-corrected chi connectivity index (χ4v) is 1.92. The van der Waals surface area contributed by atoms with Gasteiger partial charge < -0.3 is 5.73 Å². The SMILES string of the molecule is CCc1nn(CC(N)=O)c(=O)cc1-c1ccccc1. The van der Waals surface area contributed by atoms with Crippen molar-refractivity contribution in [3.8, 4) is 11.1 Å². The third-order valence-corrected chi connectivity index (χ3v) is 2.80. The zero-order chi connectivity index (χ0) is 13.8. The highest BCUT2D eigenvalue weighted by Gasteiger charge is 2.10. The molecule has 5 heteroatoms. The van der Waals surface area contributed by atoms with Gasteiger partial charge in [-0.1, -0.05) is 37.3 Å². The van der Waals surface area contributed by atoms with Crippen molar-refractivity contribution in [1.29, 1.82) is 0 Å². The summed E-state index contributed by atoms with van der Waals surface area (Å²) in [5, 5.41) is 4.21. The molecular formula is C14H15N3O2. The van der Waals surface area contributed by atoms with Crippen LogP contribution in [0, 0.1) is 0 Å². The molecule has 19 heavy (non-hydrogen) atoms. The van der Waals surface area contributed by atoms with Gasteiger partial charge in [0.1, 0.15) is 6.54 Å². The molecule has 5 nitrogen and oxygen atoms in total. The first kappa shape index (κ1) is 13.0. The summed E-state index contributed by atoms with van der Waals surface area (Å²) in [5.41, 5.74) is 7.28. The second-order valence-electron chi connectivity index (χ2n) is 4.19. The summed E-state index contributed by atoms with van der Waals surface area (Å²) in [5.74, 6) is -0.580. The Labute approximate surface area is 110 Å². The lowest BCUT2D eigenvalue weighted by molar-refractivity contribution is -0.118. The quantitative estimate of drug-likeness (QED) is 0.886. The highest BCUT2D eigenvalue weighted by molar-refractivity contribution is 5.73. The molecule has 0 atom stereocenters. The minimum absolute atomic E-state index is 0.194. The topological polar surface area (TPSA) is 78.0 Å². The number of benzene rings is 1. The standard InChI is InChI=1S/C14H15N3O2/c1-2-12-11(10-6-4-3-5-7-10)8-14(19)17(16-12)9-13(15)18/h3-8H,2,9H2,1H3,(H2,15,18). The van der Waals surface area contributed by atoms with Gasteiger partial charge in [-0.05, 0) is 12.0 Å². The fraction of sp³-hybridized carbons (Fsp3) is 0.214. The van der Waals surface area contributed by atoms with E-state index in [0.29, 0.717) is 6.42 Å². The molecule has 0 saturated heterocycles. The molecule has 1 aromatic heterocycles. The van der Waals surface area contributed by atoms with Crippen molar-refractivity contribution in [2.45, 2.75) is 19.9 Å². The van der Waals surface area contributed by atoms with Crippen LogP contribution in [-0.2, 0) is 17.8 Å². The molecule has 0 spiro atoms. The van der Waals surface area contributed by atoms with E-state index in [1.54, 1.807) is 0 Å². The highest BCUT2D eigenvalue weighted by Crippen LogP contribution is 2.20. The highest BCUT2D eigenvalue weighted by atomic mass is 16.2. The number of aryl methyl sites for hydroxylation is 1. The first-order valence-corrected chi connectivity index (χ1v) is 6.06. The van der Waals surface area contributed by atoms with Gasteiger partial charge in [-0.2, -0.15) is 5.10 Å². The van der Waals surface area contributed by atoms with E-state index < -0.39 is 5.91 Å². The Balaban J connectivity index is 2.55. The maximum atomic E-state index is 11.9. The summed E-state index contributed by atoms with van der Waals surface area (Å²) in [7, 11) is 0. The van der Waals surface area contributed by atoms with E-state index in [2.05, 4.69) is 5.10 Å². The van der Waals surface area contributed by atoms with Gasteiger partial charge in [0.25, 0.3) is 5.56 Å². The average Bonchev–Trinajstić information content (AvgIpc) is 2.41. The Kier molecular flexibility index (Phi) is 3.75. The minimum Gasteiger partial charge on any atom is -0.368 e. The van der Waals surface area contributed by atoms with Crippen LogP contribution in [0.1, 0.15) is 12.6 Å². The van der Waals surface area contributed by atoms with Crippen LogP contribution in [0.2, 0.25) is 0 Å². The van der Waals surface area contributed by atoms with Gasteiger partial charge in [0, 0.05) is 11.6 Å². The number of aromatic nitrogens is 2. The summed E-state index contributed by atoms with van der Waals surface area (Å²) in [6.45, 7) is 1.76. The predicted molar refractivity (Wildman–Crippen MR) is 72.5 cm³/mol. The normalized spacial score (nSPS) is 10.4. The fourth-order valence-electron chi connectivity index (χ4n) is 1.92. The molecule has 0 fully saturated rings. The van der Waals surface area contributed by atoms with E-state index in [-0.39, 0.29) is 12.1 Å². The van der Waals surface area contributed by atoms with Crippen molar-refractivity contribution in [2.24, 2.45) is 5.73 Å².